The van der Waals surface area contributed by atoms with E-state index in [4.69, 9.17) is 6.58 Å². The van der Waals surface area contributed by atoms with Gasteiger partial charge in [-0.25, -0.2) is 0 Å². The Kier molecular flexibility index (Phi) is 10.1. The molecule has 81 valence electrons. The molecule has 0 saturated heterocycles. The Morgan fingerprint density at radius 2 is 1.24 bits per heavy atom. The first-order chi connectivity index (χ1) is 7.93. The van der Waals surface area contributed by atoms with Crippen molar-refractivity contribution in [2.45, 2.75) is 0 Å². The summed E-state index contributed by atoms with van der Waals surface area (Å²) in [5.74, 6) is 0. The first-order valence-corrected chi connectivity index (χ1v) is 5.20. The molecule has 0 spiro atoms. The van der Waals surface area contributed by atoms with Crippen LogP contribution in [0.1, 0.15) is 5.56 Å². The van der Waals surface area contributed by atoms with Crippen LogP contribution in [0.5, 0.6) is 0 Å². The summed E-state index contributed by atoms with van der Waals surface area (Å²) in [5, 5.41) is 0. The first kappa shape index (κ1) is 15.5. The predicted octanol–water partition coefficient (Wildman–Crippen LogP) is 3.71. The predicted molar refractivity (Wildman–Crippen MR) is 78.9 cm³/mol. The summed E-state index contributed by atoms with van der Waals surface area (Å²) in [6.45, 7) is 5.18. The standard InChI is InChI=1S/C16H15.Li.H/c1-2-3-4-5-6-7-8-10-13-16-14-11-9-12-15-16;;/h1-15H;;. The average Bonchev–Trinajstić information content (AvgIpc) is 2.34. The van der Waals surface area contributed by atoms with Crippen LogP contribution >= 0.6 is 0 Å². The van der Waals surface area contributed by atoms with Gasteiger partial charge in [0.15, 0.2) is 0 Å². The molecule has 1 radical (unpaired) electrons. The van der Waals surface area contributed by atoms with E-state index in [-0.39, 0.29) is 18.9 Å². The van der Waals surface area contributed by atoms with Crippen LogP contribution in [-0.4, -0.2) is 18.9 Å². The van der Waals surface area contributed by atoms with E-state index in [9.17, 15) is 0 Å². The van der Waals surface area contributed by atoms with Crippen molar-refractivity contribution < 1.29 is 0 Å². The molecule has 0 aliphatic carbocycles. The molecule has 0 atom stereocenters. The second-order valence-electron chi connectivity index (χ2n) is 3.12. The minimum absolute atomic E-state index is 0. The monoisotopic (exact) mass is 215 g/mol. The first-order valence-electron chi connectivity index (χ1n) is 5.20. The number of hydrogen-bond acceptors (Lipinski definition) is 0. The van der Waals surface area contributed by atoms with Crippen LogP contribution in [0.25, 0.3) is 6.08 Å². The summed E-state index contributed by atoms with van der Waals surface area (Å²) in [6.07, 6.45) is 17.1. The fourth-order valence-electron chi connectivity index (χ4n) is 1.12. The van der Waals surface area contributed by atoms with Gasteiger partial charge in [0.1, 0.15) is 0 Å². The van der Waals surface area contributed by atoms with Crippen molar-refractivity contribution in [2.24, 2.45) is 0 Å². The van der Waals surface area contributed by atoms with Crippen LogP contribution in [0.2, 0.25) is 0 Å². The van der Waals surface area contributed by atoms with Gasteiger partial charge >= 0.3 is 18.9 Å². The molecular weight excluding hydrogens is 199 g/mol. The fourth-order valence-corrected chi connectivity index (χ4v) is 1.12. The van der Waals surface area contributed by atoms with E-state index < -0.39 is 0 Å². The summed E-state index contributed by atoms with van der Waals surface area (Å²) in [4.78, 5) is 0. The van der Waals surface area contributed by atoms with Gasteiger partial charge in [0.25, 0.3) is 0 Å². The molecule has 0 N–H and O–H groups in total. The summed E-state index contributed by atoms with van der Waals surface area (Å²) in [6, 6.07) is 10.2. The Labute approximate surface area is 116 Å². The zero-order valence-electron chi connectivity index (χ0n) is 9.16. The molecular formula is C16H16Li. The zero-order chi connectivity index (χ0) is 11.5. The van der Waals surface area contributed by atoms with Crippen LogP contribution in [0, 0.1) is 6.58 Å². The molecule has 0 amide bonds. The third-order valence-corrected chi connectivity index (χ3v) is 1.87. The molecule has 0 aliphatic rings. The summed E-state index contributed by atoms with van der Waals surface area (Å²) < 4.78 is 0. The van der Waals surface area contributed by atoms with Gasteiger partial charge in [0, 0.05) is 0 Å². The van der Waals surface area contributed by atoms with Crippen molar-refractivity contribution in [3.8, 4) is 0 Å². The second kappa shape index (κ2) is 11.0. The van der Waals surface area contributed by atoms with Gasteiger partial charge in [-0.3, -0.25) is 0 Å². The molecule has 1 heteroatoms. The Morgan fingerprint density at radius 1 is 0.706 bits per heavy atom. The Balaban J connectivity index is 0.00000256. The molecule has 0 unspecified atom stereocenters. The van der Waals surface area contributed by atoms with Gasteiger partial charge in [-0.1, -0.05) is 91.6 Å². The van der Waals surface area contributed by atoms with Gasteiger partial charge in [-0.05, 0) is 5.56 Å². The van der Waals surface area contributed by atoms with Gasteiger partial charge in [-0.2, -0.15) is 0 Å². The Morgan fingerprint density at radius 3 is 1.82 bits per heavy atom. The molecule has 0 saturated carbocycles. The molecule has 0 heterocycles. The molecule has 17 heavy (non-hydrogen) atoms. The third kappa shape index (κ3) is 8.34. The topological polar surface area (TPSA) is 0 Å². The van der Waals surface area contributed by atoms with E-state index >= 15 is 0 Å². The minimum atomic E-state index is 0. The Hall–Kier alpha value is -1.48. The number of benzene rings is 1. The maximum atomic E-state index is 5.18. The van der Waals surface area contributed by atoms with E-state index in [0.717, 1.165) is 0 Å². The van der Waals surface area contributed by atoms with E-state index in [0.29, 0.717) is 0 Å². The molecule has 1 aromatic rings. The van der Waals surface area contributed by atoms with Crippen molar-refractivity contribution >= 4 is 24.9 Å². The summed E-state index contributed by atoms with van der Waals surface area (Å²) in [5.41, 5.74) is 1.20. The zero-order valence-corrected chi connectivity index (χ0v) is 9.16. The number of rotatable bonds is 5. The SMILES string of the molecule is [CH]=CC=CC=CC=CC=Cc1ccccc1.[LiH]. The van der Waals surface area contributed by atoms with Gasteiger partial charge in [0.2, 0.25) is 0 Å². The van der Waals surface area contributed by atoms with Crippen molar-refractivity contribution in [3.05, 3.63) is 91.1 Å². The van der Waals surface area contributed by atoms with Gasteiger partial charge in [-0.15, -0.1) is 0 Å². The van der Waals surface area contributed by atoms with Gasteiger partial charge in [0.05, 0.1) is 0 Å². The van der Waals surface area contributed by atoms with E-state index in [1.807, 2.05) is 54.7 Å². The molecule has 0 bridgehead atoms. The molecule has 1 rings (SSSR count). The normalized spacial score (nSPS) is 11.5. The fraction of sp³-hybridized carbons (Fsp3) is 0. The molecule has 1 aromatic carbocycles. The number of allylic oxidation sites excluding steroid dienone is 8. The van der Waals surface area contributed by atoms with Crippen LogP contribution in [0.4, 0.5) is 0 Å². The quantitative estimate of drug-likeness (QED) is 0.519. The van der Waals surface area contributed by atoms with Crippen molar-refractivity contribution in [3.63, 3.8) is 0 Å². The van der Waals surface area contributed by atoms with Crippen LogP contribution in [-0.2, 0) is 0 Å². The van der Waals surface area contributed by atoms with Crippen molar-refractivity contribution in [1.29, 1.82) is 0 Å². The third-order valence-electron chi connectivity index (χ3n) is 1.87. The number of hydrogen-bond donors (Lipinski definition) is 0. The molecule has 0 aliphatic heterocycles. The summed E-state index contributed by atoms with van der Waals surface area (Å²) in [7, 11) is 0. The summed E-state index contributed by atoms with van der Waals surface area (Å²) >= 11 is 0. The average molecular weight is 215 g/mol. The molecule has 0 nitrogen and oxygen atoms in total. The van der Waals surface area contributed by atoms with E-state index in [1.165, 1.54) is 11.6 Å². The second-order valence-corrected chi connectivity index (χ2v) is 3.12. The molecule has 0 aromatic heterocycles. The Bertz CT molecular complexity index is 408. The van der Waals surface area contributed by atoms with Gasteiger partial charge < -0.3 is 0 Å². The van der Waals surface area contributed by atoms with E-state index in [1.54, 1.807) is 6.08 Å². The van der Waals surface area contributed by atoms with Crippen molar-refractivity contribution in [2.75, 3.05) is 0 Å². The van der Waals surface area contributed by atoms with Crippen LogP contribution in [0.3, 0.4) is 0 Å². The maximum absolute atomic E-state index is 5.18. The van der Waals surface area contributed by atoms with Crippen LogP contribution in [0.15, 0.2) is 78.9 Å². The van der Waals surface area contributed by atoms with Crippen molar-refractivity contribution in [1.82, 2.24) is 0 Å². The molecule has 0 fully saturated rings. The van der Waals surface area contributed by atoms with Crippen LogP contribution < -0.4 is 0 Å². The van der Waals surface area contributed by atoms with E-state index in [2.05, 4.69) is 18.2 Å².